The highest BCUT2D eigenvalue weighted by atomic mass is 19.1. The molecule has 1 aliphatic rings. The van der Waals surface area contributed by atoms with Gasteiger partial charge in [-0.1, -0.05) is 0 Å². The zero-order valence-corrected chi connectivity index (χ0v) is 15.9. The third-order valence-corrected chi connectivity index (χ3v) is 5.29. The third kappa shape index (κ3) is 3.49. The maximum atomic E-state index is 13.1. The van der Waals surface area contributed by atoms with Gasteiger partial charge in [0.05, 0.1) is 17.5 Å². The number of piperidine rings is 1. The van der Waals surface area contributed by atoms with Gasteiger partial charge in [0, 0.05) is 24.6 Å². The monoisotopic (exact) mass is 407 g/mol. The Labute approximate surface area is 170 Å². The second kappa shape index (κ2) is 7.58. The quantitative estimate of drug-likeness (QED) is 0.551. The fourth-order valence-electron chi connectivity index (χ4n) is 3.60. The fraction of sp³-hybridized carbons (Fsp3) is 0.238. The average molecular weight is 407 g/mol. The van der Waals surface area contributed by atoms with Crippen LogP contribution in [0.1, 0.15) is 35.1 Å². The molecule has 0 aliphatic carbocycles. The topological polar surface area (TPSA) is 101 Å². The Bertz CT molecular complexity index is 1140. The van der Waals surface area contributed by atoms with E-state index in [1.165, 1.54) is 12.1 Å². The van der Waals surface area contributed by atoms with Crippen LogP contribution < -0.4 is 0 Å². The van der Waals surface area contributed by atoms with E-state index in [1.807, 2.05) is 0 Å². The van der Waals surface area contributed by atoms with Crippen molar-refractivity contribution in [2.75, 3.05) is 13.1 Å². The fourth-order valence-corrected chi connectivity index (χ4v) is 3.60. The largest absolute Gasteiger partial charge is 0.472 e. The van der Waals surface area contributed by atoms with Crippen LogP contribution >= 0.6 is 0 Å². The first-order valence-electron chi connectivity index (χ1n) is 9.64. The van der Waals surface area contributed by atoms with Crippen molar-refractivity contribution in [2.45, 2.75) is 18.8 Å². The Morgan fingerprint density at radius 1 is 1.10 bits per heavy atom. The molecule has 152 valence electrons. The Morgan fingerprint density at radius 2 is 1.90 bits per heavy atom. The second-order valence-electron chi connectivity index (χ2n) is 7.20. The number of benzene rings is 1. The van der Waals surface area contributed by atoms with Crippen molar-refractivity contribution in [3.05, 3.63) is 66.3 Å². The molecule has 4 aromatic rings. The molecule has 30 heavy (non-hydrogen) atoms. The van der Waals surface area contributed by atoms with Gasteiger partial charge in [0.15, 0.2) is 0 Å². The summed E-state index contributed by atoms with van der Waals surface area (Å²) in [4.78, 5) is 14.6. The van der Waals surface area contributed by atoms with Crippen LogP contribution in [0.2, 0.25) is 0 Å². The van der Waals surface area contributed by atoms with Crippen molar-refractivity contribution in [3.63, 3.8) is 0 Å². The smallest absolute Gasteiger partial charge is 0.271 e. The Kier molecular flexibility index (Phi) is 4.62. The van der Waals surface area contributed by atoms with Gasteiger partial charge >= 0.3 is 0 Å². The molecule has 1 aliphatic heterocycles. The SMILES string of the molecule is O=C(c1cc(-c2ccc(F)cc2)n[nH]1)N1CCC(c2nnc(-c3ccoc3)o2)CC1. The third-order valence-electron chi connectivity index (χ3n) is 5.29. The summed E-state index contributed by atoms with van der Waals surface area (Å²) < 4.78 is 23.9. The number of hydrogen-bond acceptors (Lipinski definition) is 6. The number of hydrogen-bond donors (Lipinski definition) is 1. The molecule has 3 aromatic heterocycles. The van der Waals surface area contributed by atoms with Gasteiger partial charge in [0.1, 0.15) is 17.8 Å². The number of nitrogens with one attached hydrogen (secondary N) is 1. The Morgan fingerprint density at radius 3 is 2.63 bits per heavy atom. The van der Waals surface area contributed by atoms with Crippen LogP contribution in [0.4, 0.5) is 4.39 Å². The van der Waals surface area contributed by atoms with E-state index < -0.39 is 0 Å². The number of aromatic nitrogens is 4. The van der Waals surface area contributed by atoms with Crippen molar-refractivity contribution in [1.82, 2.24) is 25.3 Å². The molecule has 0 atom stereocenters. The summed E-state index contributed by atoms with van der Waals surface area (Å²) in [6.45, 7) is 1.16. The number of nitrogens with zero attached hydrogens (tertiary/aromatic N) is 4. The van der Waals surface area contributed by atoms with E-state index in [-0.39, 0.29) is 17.6 Å². The van der Waals surface area contributed by atoms with E-state index in [9.17, 15) is 9.18 Å². The summed E-state index contributed by atoms with van der Waals surface area (Å²) in [5.74, 6) is 0.700. The number of halogens is 1. The number of likely N-dealkylation sites (tertiary alicyclic amines) is 1. The van der Waals surface area contributed by atoms with Crippen LogP contribution in [-0.4, -0.2) is 44.3 Å². The van der Waals surface area contributed by atoms with Gasteiger partial charge in [-0.3, -0.25) is 9.89 Å². The van der Waals surface area contributed by atoms with Gasteiger partial charge in [-0.05, 0) is 49.2 Å². The molecule has 1 N–H and O–H groups in total. The van der Waals surface area contributed by atoms with Crippen LogP contribution in [-0.2, 0) is 0 Å². The average Bonchev–Trinajstić information content (AvgIpc) is 3.55. The summed E-state index contributed by atoms with van der Waals surface area (Å²) in [6, 6.07) is 9.46. The highest BCUT2D eigenvalue weighted by Gasteiger charge is 2.29. The normalized spacial score (nSPS) is 14.9. The molecule has 1 amide bonds. The van der Waals surface area contributed by atoms with Gasteiger partial charge in [-0.2, -0.15) is 5.10 Å². The van der Waals surface area contributed by atoms with Gasteiger partial charge in [0.2, 0.25) is 5.89 Å². The number of carbonyl (C=O) groups excluding carboxylic acids is 1. The lowest BCUT2D eigenvalue weighted by Gasteiger charge is -2.30. The second-order valence-corrected chi connectivity index (χ2v) is 7.20. The van der Waals surface area contributed by atoms with Gasteiger partial charge < -0.3 is 13.7 Å². The maximum absolute atomic E-state index is 13.1. The Hall–Kier alpha value is -3.75. The first kappa shape index (κ1) is 18.3. The molecule has 0 saturated carbocycles. The summed E-state index contributed by atoms with van der Waals surface area (Å²) in [7, 11) is 0. The predicted molar refractivity (Wildman–Crippen MR) is 104 cm³/mol. The van der Waals surface area contributed by atoms with Crippen LogP contribution in [0.15, 0.2) is 57.8 Å². The molecular weight excluding hydrogens is 389 g/mol. The highest BCUT2D eigenvalue weighted by molar-refractivity contribution is 5.93. The molecule has 1 fully saturated rings. The summed E-state index contributed by atoms with van der Waals surface area (Å²) in [6.07, 6.45) is 4.58. The zero-order chi connectivity index (χ0) is 20.5. The van der Waals surface area contributed by atoms with Gasteiger partial charge in [-0.15, -0.1) is 10.2 Å². The number of H-pyrrole nitrogens is 1. The van der Waals surface area contributed by atoms with E-state index in [0.717, 1.165) is 24.0 Å². The molecule has 9 heteroatoms. The van der Waals surface area contributed by atoms with Gasteiger partial charge in [0.25, 0.3) is 11.8 Å². The molecule has 8 nitrogen and oxygen atoms in total. The van der Waals surface area contributed by atoms with E-state index >= 15 is 0 Å². The first-order valence-corrected chi connectivity index (χ1v) is 9.64. The Balaban J connectivity index is 1.22. The zero-order valence-electron chi connectivity index (χ0n) is 15.9. The molecule has 0 radical (unpaired) electrons. The standard InChI is InChI=1S/C21H18FN5O3/c22-16-3-1-13(2-4-16)17-11-18(24-23-17)21(28)27-8-5-14(6-9-27)19-25-26-20(30-19)15-7-10-29-12-15/h1-4,7,10-12,14H,5-6,8-9H2,(H,23,24). The van der Waals surface area contributed by atoms with Crippen molar-refractivity contribution >= 4 is 5.91 Å². The summed E-state index contributed by atoms with van der Waals surface area (Å²) >= 11 is 0. The summed E-state index contributed by atoms with van der Waals surface area (Å²) in [5.41, 5.74) is 2.51. The number of rotatable bonds is 4. The van der Waals surface area contributed by atoms with Crippen LogP contribution in [0, 0.1) is 5.82 Å². The lowest BCUT2D eigenvalue weighted by Crippen LogP contribution is -2.38. The number of aromatic amines is 1. The van der Waals surface area contributed by atoms with Crippen LogP contribution in [0.3, 0.4) is 0 Å². The lowest BCUT2D eigenvalue weighted by molar-refractivity contribution is 0.0700. The number of amides is 1. The highest BCUT2D eigenvalue weighted by Crippen LogP contribution is 2.30. The van der Waals surface area contributed by atoms with E-state index in [2.05, 4.69) is 20.4 Å². The van der Waals surface area contributed by atoms with Crippen molar-refractivity contribution in [1.29, 1.82) is 0 Å². The first-order chi connectivity index (χ1) is 14.7. The van der Waals surface area contributed by atoms with E-state index in [1.54, 1.807) is 41.7 Å². The van der Waals surface area contributed by atoms with Crippen molar-refractivity contribution in [2.24, 2.45) is 0 Å². The number of furan rings is 1. The molecule has 5 rings (SSSR count). The molecule has 0 bridgehead atoms. The van der Waals surface area contributed by atoms with Crippen LogP contribution in [0.5, 0.6) is 0 Å². The van der Waals surface area contributed by atoms with E-state index in [4.69, 9.17) is 8.83 Å². The van der Waals surface area contributed by atoms with E-state index in [0.29, 0.717) is 36.3 Å². The van der Waals surface area contributed by atoms with Gasteiger partial charge in [-0.25, -0.2) is 4.39 Å². The molecular formula is C21H18FN5O3. The molecule has 1 saturated heterocycles. The lowest BCUT2D eigenvalue weighted by atomic mass is 9.96. The summed E-state index contributed by atoms with van der Waals surface area (Å²) in [5, 5.41) is 15.2. The minimum Gasteiger partial charge on any atom is -0.472 e. The van der Waals surface area contributed by atoms with Crippen LogP contribution in [0.25, 0.3) is 22.7 Å². The number of carbonyl (C=O) groups is 1. The maximum Gasteiger partial charge on any atom is 0.271 e. The minimum atomic E-state index is -0.313. The minimum absolute atomic E-state index is 0.110. The molecule has 0 spiro atoms. The predicted octanol–water partition coefficient (Wildman–Crippen LogP) is 3.88. The van der Waals surface area contributed by atoms with Crippen molar-refractivity contribution in [3.8, 4) is 22.7 Å². The van der Waals surface area contributed by atoms with Crippen molar-refractivity contribution < 1.29 is 18.0 Å². The molecule has 0 unspecified atom stereocenters. The molecule has 1 aromatic carbocycles. The molecule has 4 heterocycles.